The van der Waals surface area contributed by atoms with Gasteiger partial charge in [0.25, 0.3) is 0 Å². The molecule has 1 atom stereocenters. The van der Waals surface area contributed by atoms with E-state index in [0.29, 0.717) is 19.2 Å². The van der Waals surface area contributed by atoms with Crippen LogP contribution in [0.1, 0.15) is 44.1 Å². The molecular weight excluding hydrogens is 316 g/mol. The van der Waals surface area contributed by atoms with Gasteiger partial charge in [0.2, 0.25) is 0 Å². The van der Waals surface area contributed by atoms with E-state index in [9.17, 15) is 5.11 Å². The number of likely N-dealkylation sites (tertiary alicyclic amines) is 1. The number of nitrogens with zero attached hydrogens (tertiary/aromatic N) is 1. The molecule has 1 aromatic rings. The quantitative estimate of drug-likeness (QED) is 0.718. The summed E-state index contributed by atoms with van der Waals surface area (Å²) in [6.45, 7) is 3.99. The molecule has 1 heterocycles. The lowest BCUT2D eigenvalue weighted by molar-refractivity contribution is 0.0753. The molecule has 1 aromatic carbocycles. The lowest BCUT2D eigenvalue weighted by atomic mass is 10.1. The number of aliphatic hydroxyl groups is 1. The van der Waals surface area contributed by atoms with Crippen molar-refractivity contribution in [1.82, 2.24) is 10.2 Å². The molecule has 3 rings (SSSR count). The first kappa shape index (κ1) is 18.5. The Morgan fingerprint density at radius 3 is 2.68 bits per heavy atom. The predicted octanol–water partition coefficient (Wildman–Crippen LogP) is 2.56. The van der Waals surface area contributed by atoms with E-state index in [1.165, 1.54) is 38.5 Å². The summed E-state index contributed by atoms with van der Waals surface area (Å²) in [6, 6.07) is 6.58. The Morgan fingerprint density at radius 2 is 1.96 bits per heavy atom. The van der Waals surface area contributed by atoms with E-state index in [2.05, 4.69) is 16.3 Å². The fraction of sp³-hybridized carbons (Fsp3) is 0.700. The first-order chi connectivity index (χ1) is 12.2. The number of methoxy groups -OCH3 is 1. The predicted molar refractivity (Wildman–Crippen MR) is 99.3 cm³/mol. The summed E-state index contributed by atoms with van der Waals surface area (Å²) in [5, 5.41) is 13.9. The summed E-state index contributed by atoms with van der Waals surface area (Å²) < 4.78 is 11.3. The molecule has 0 amide bonds. The SMILES string of the molecule is COc1ccc(CNC2CCCC2)c(OCC(O)CN2CCCC2)c1. The number of nitrogens with one attached hydrogen (secondary N) is 1. The maximum absolute atomic E-state index is 10.3. The van der Waals surface area contributed by atoms with Crippen LogP contribution in [-0.2, 0) is 6.54 Å². The number of aliphatic hydroxyl groups excluding tert-OH is 1. The normalized spacial score (nSPS) is 20.1. The van der Waals surface area contributed by atoms with Gasteiger partial charge >= 0.3 is 0 Å². The first-order valence-corrected chi connectivity index (χ1v) is 9.68. The number of benzene rings is 1. The van der Waals surface area contributed by atoms with Gasteiger partial charge in [-0.25, -0.2) is 0 Å². The first-order valence-electron chi connectivity index (χ1n) is 9.68. The minimum atomic E-state index is -0.458. The van der Waals surface area contributed by atoms with Crippen LogP contribution in [0.25, 0.3) is 0 Å². The van der Waals surface area contributed by atoms with Crippen LogP contribution in [0.5, 0.6) is 11.5 Å². The van der Waals surface area contributed by atoms with Crippen LogP contribution in [0.3, 0.4) is 0 Å². The summed E-state index contributed by atoms with van der Waals surface area (Å²) in [7, 11) is 1.66. The van der Waals surface area contributed by atoms with Crippen molar-refractivity contribution in [3.8, 4) is 11.5 Å². The summed E-state index contributed by atoms with van der Waals surface area (Å²) >= 11 is 0. The highest BCUT2D eigenvalue weighted by Gasteiger charge is 2.18. The van der Waals surface area contributed by atoms with Crippen LogP contribution >= 0.6 is 0 Å². The van der Waals surface area contributed by atoms with Crippen LogP contribution < -0.4 is 14.8 Å². The van der Waals surface area contributed by atoms with E-state index >= 15 is 0 Å². The number of ether oxygens (including phenoxy) is 2. The van der Waals surface area contributed by atoms with Crippen LogP contribution in [0.2, 0.25) is 0 Å². The van der Waals surface area contributed by atoms with Gasteiger partial charge in [-0.05, 0) is 44.8 Å². The standard InChI is InChI=1S/C20H32N2O3/c1-24-19-9-8-16(13-21-17-6-2-3-7-17)20(12-19)25-15-18(23)14-22-10-4-5-11-22/h8-9,12,17-18,21,23H,2-7,10-11,13-15H2,1H3. The Morgan fingerprint density at radius 1 is 1.20 bits per heavy atom. The molecule has 0 bridgehead atoms. The van der Waals surface area contributed by atoms with E-state index in [4.69, 9.17) is 9.47 Å². The molecule has 5 nitrogen and oxygen atoms in total. The zero-order valence-electron chi connectivity index (χ0n) is 15.4. The van der Waals surface area contributed by atoms with Crippen molar-refractivity contribution in [2.45, 2.75) is 57.2 Å². The highest BCUT2D eigenvalue weighted by molar-refractivity contribution is 5.40. The molecule has 1 aliphatic carbocycles. The molecule has 140 valence electrons. The highest BCUT2D eigenvalue weighted by atomic mass is 16.5. The minimum absolute atomic E-state index is 0.320. The Kier molecular flexibility index (Phi) is 6.96. The van der Waals surface area contributed by atoms with Crippen molar-refractivity contribution in [3.05, 3.63) is 23.8 Å². The summed E-state index contributed by atoms with van der Waals surface area (Å²) in [5.74, 6) is 1.60. The molecule has 1 unspecified atom stereocenters. The van der Waals surface area contributed by atoms with E-state index in [0.717, 1.165) is 36.7 Å². The summed E-state index contributed by atoms with van der Waals surface area (Å²) in [5.41, 5.74) is 1.13. The Balaban J connectivity index is 1.54. The summed E-state index contributed by atoms with van der Waals surface area (Å²) in [4.78, 5) is 2.31. The zero-order chi connectivity index (χ0) is 17.5. The van der Waals surface area contributed by atoms with Crippen LogP contribution in [-0.4, -0.2) is 55.5 Å². The van der Waals surface area contributed by atoms with Gasteiger partial charge in [-0.15, -0.1) is 0 Å². The zero-order valence-corrected chi connectivity index (χ0v) is 15.4. The van der Waals surface area contributed by atoms with Crippen molar-refractivity contribution in [3.63, 3.8) is 0 Å². The van der Waals surface area contributed by atoms with Gasteiger partial charge in [-0.1, -0.05) is 18.9 Å². The smallest absolute Gasteiger partial charge is 0.127 e. The second-order valence-corrected chi connectivity index (χ2v) is 7.31. The third-order valence-corrected chi connectivity index (χ3v) is 5.31. The number of rotatable bonds is 9. The molecule has 0 spiro atoms. The lowest BCUT2D eigenvalue weighted by Gasteiger charge is -2.21. The summed E-state index contributed by atoms with van der Waals surface area (Å²) in [6.07, 6.45) is 7.20. The number of hydrogen-bond donors (Lipinski definition) is 2. The highest BCUT2D eigenvalue weighted by Crippen LogP contribution is 2.26. The maximum Gasteiger partial charge on any atom is 0.127 e. The largest absolute Gasteiger partial charge is 0.497 e. The fourth-order valence-corrected chi connectivity index (χ4v) is 3.83. The van der Waals surface area contributed by atoms with E-state index in [1.807, 2.05) is 12.1 Å². The van der Waals surface area contributed by atoms with E-state index in [1.54, 1.807) is 7.11 Å². The lowest BCUT2D eigenvalue weighted by Crippen LogP contribution is -2.34. The molecule has 0 aromatic heterocycles. The molecule has 1 saturated carbocycles. The molecule has 2 aliphatic rings. The minimum Gasteiger partial charge on any atom is -0.497 e. The van der Waals surface area contributed by atoms with Crippen molar-refractivity contribution < 1.29 is 14.6 Å². The van der Waals surface area contributed by atoms with Crippen LogP contribution in [0.15, 0.2) is 18.2 Å². The van der Waals surface area contributed by atoms with E-state index < -0.39 is 6.10 Å². The fourth-order valence-electron chi connectivity index (χ4n) is 3.83. The molecular formula is C20H32N2O3. The van der Waals surface area contributed by atoms with E-state index in [-0.39, 0.29) is 0 Å². The van der Waals surface area contributed by atoms with Crippen molar-refractivity contribution in [2.75, 3.05) is 33.4 Å². The van der Waals surface area contributed by atoms with Crippen LogP contribution in [0, 0.1) is 0 Å². The Hall–Kier alpha value is -1.30. The molecule has 5 heteroatoms. The van der Waals surface area contributed by atoms with Crippen molar-refractivity contribution in [1.29, 1.82) is 0 Å². The van der Waals surface area contributed by atoms with Gasteiger partial charge in [-0.3, -0.25) is 0 Å². The molecule has 1 saturated heterocycles. The monoisotopic (exact) mass is 348 g/mol. The molecule has 0 radical (unpaired) electrons. The molecule has 2 fully saturated rings. The number of hydrogen-bond acceptors (Lipinski definition) is 5. The van der Waals surface area contributed by atoms with Gasteiger partial charge in [0.05, 0.1) is 7.11 Å². The van der Waals surface area contributed by atoms with Gasteiger partial charge in [0.1, 0.15) is 24.2 Å². The topological polar surface area (TPSA) is 54.0 Å². The third kappa shape index (κ3) is 5.59. The Bertz CT molecular complexity index is 526. The number of β-amino-alcohol motifs (C(OH)–C–C–N with tert-alkyl or cyclic N) is 1. The maximum atomic E-state index is 10.3. The van der Waals surface area contributed by atoms with Crippen molar-refractivity contribution >= 4 is 0 Å². The Labute approximate surface area is 151 Å². The van der Waals surface area contributed by atoms with Gasteiger partial charge in [0.15, 0.2) is 0 Å². The van der Waals surface area contributed by atoms with Crippen molar-refractivity contribution in [2.24, 2.45) is 0 Å². The van der Waals surface area contributed by atoms with Gasteiger partial charge < -0.3 is 24.8 Å². The third-order valence-electron chi connectivity index (χ3n) is 5.31. The van der Waals surface area contributed by atoms with Gasteiger partial charge in [-0.2, -0.15) is 0 Å². The second kappa shape index (κ2) is 9.41. The van der Waals surface area contributed by atoms with Crippen LogP contribution in [0.4, 0.5) is 0 Å². The second-order valence-electron chi connectivity index (χ2n) is 7.31. The van der Waals surface area contributed by atoms with Gasteiger partial charge in [0, 0.05) is 30.8 Å². The molecule has 2 N–H and O–H groups in total. The molecule has 1 aliphatic heterocycles. The molecule has 25 heavy (non-hydrogen) atoms. The average molecular weight is 348 g/mol. The average Bonchev–Trinajstić information content (AvgIpc) is 3.32.